The van der Waals surface area contributed by atoms with Crippen molar-refractivity contribution in [3.8, 4) is 0 Å². The number of hydrogen-bond acceptors (Lipinski definition) is 1. The van der Waals surface area contributed by atoms with Gasteiger partial charge in [-0.05, 0) is 18.6 Å². The monoisotopic (exact) mass is 245 g/mol. The molecule has 1 N–H and O–H groups in total. The first-order valence-electron chi connectivity index (χ1n) is 4.89. The lowest BCUT2D eigenvalue weighted by molar-refractivity contribution is -0.116. The van der Waals surface area contributed by atoms with Gasteiger partial charge in [-0.1, -0.05) is 42.6 Å². The molecular weight excluding hydrogens is 233 g/mol. The number of rotatable bonds is 4. The number of hydrogen-bond donors (Lipinski definition) is 1. The molecule has 0 bridgehead atoms. The molecule has 0 saturated heterocycles. The molecule has 2 nitrogen and oxygen atoms in total. The van der Waals surface area contributed by atoms with Crippen LogP contribution >= 0.6 is 23.2 Å². The Morgan fingerprint density at radius 1 is 1.33 bits per heavy atom. The number of unbranched alkanes of at least 4 members (excludes halogenated alkanes) is 1. The van der Waals surface area contributed by atoms with Crippen molar-refractivity contribution < 1.29 is 4.79 Å². The van der Waals surface area contributed by atoms with Crippen molar-refractivity contribution in [2.45, 2.75) is 26.2 Å². The Morgan fingerprint density at radius 2 is 1.93 bits per heavy atom. The number of carbonyl (C=O) groups is 1. The summed E-state index contributed by atoms with van der Waals surface area (Å²) in [6.07, 6.45) is 2.36. The molecule has 0 aromatic heterocycles. The van der Waals surface area contributed by atoms with Gasteiger partial charge in [-0.15, -0.1) is 0 Å². The maximum absolute atomic E-state index is 11.4. The van der Waals surface area contributed by atoms with Crippen LogP contribution in [0.25, 0.3) is 0 Å². The molecule has 0 saturated carbocycles. The topological polar surface area (TPSA) is 29.1 Å². The summed E-state index contributed by atoms with van der Waals surface area (Å²) in [4.78, 5) is 11.4. The molecule has 0 atom stereocenters. The molecule has 0 unspecified atom stereocenters. The van der Waals surface area contributed by atoms with Crippen molar-refractivity contribution in [1.29, 1.82) is 0 Å². The summed E-state index contributed by atoms with van der Waals surface area (Å²) < 4.78 is 0. The van der Waals surface area contributed by atoms with E-state index in [1.54, 1.807) is 18.2 Å². The second-order valence-electron chi connectivity index (χ2n) is 3.25. The normalized spacial score (nSPS) is 10.1. The summed E-state index contributed by atoms with van der Waals surface area (Å²) in [6.45, 7) is 2.04. The van der Waals surface area contributed by atoms with Gasteiger partial charge in [0.25, 0.3) is 0 Å². The number of halogens is 2. The number of anilines is 1. The molecule has 0 aliphatic heterocycles. The quantitative estimate of drug-likeness (QED) is 0.850. The van der Waals surface area contributed by atoms with Crippen LogP contribution in [0.2, 0.25) is 10.0 Å². The van der Waals surface area contributed by atoms with Gasteiger partial charge >= 0.3 is 0 Å². The standard InChI is InChI=1S/C11H13Cl2NO/c1-2-3-7-10(15)14-11-8(12)5-4-6-9(11)13/h4-6H,2-3,7H2,1H3,(H,14,15). The zero-order chi connectivity index (χ0) is 11.3. The molecule has 0 fully saturated rings. The molecule has 4 heteroatoms. The van der Waals surface area contributed by atoms with E-state index in [4.69, 9.17) is 23.2 Å². The Labute approximate surface area is 99.6 Å². The first kappa shape index (κ1) is 12.3. The number of para-hydroxylation sites is 1. The molecule has 1 rings (SSSR count). The molecule has 1 aromatic rings. The smallest absolute Gasteiger partial charge is 0.224 e. The Balaban J connectivity index is 2.68. The molecule has 0 spiro atoms. The summed E-state index contributed by atoms with van der Waals surface area (Å²) in [7, 11) is 0. The molecule has 1 aromatic carbocycles. The van der Waals surface area contributed by atoms with Gasteiger partial charge in [0, 0.05) is 6.42 Å². The fraction of sp³-hybridized carbons (Fsp3) is 0.364. The fourth-order valence-corrected chi connectivity index (χ4v) is 1.65. The van der Waals surface area contributed by atoms with Crippen LogP contribution in [0, 0.1) is 0 Å². The number of carbonyl (C=O) groups excluding carboxylic acids is 1. The van der Waals surface area contributed by atoms with Gasteiger partial charge < -0.3 is 5.32 Å². The van der Waals surface area contributed by atoms with Gasteiger partial charge in [0.2, 0.25) is 5.91 Å². The number of benzene rings is 1. The summed E-state index contributed by atoms with van der Waals surface area (Å²) in [5.41, 5.74) is 0.502. The van der Waals surface area contributed by atoms with E-state index in [9.17, 15) is 4.79 Å². The van der Waals surface area contributed by atoms with Crippen LogP contribution in [0.1, 0.15) is 26.2 Å². The zero-order valence-corrected chi connectivity index (χ0v) is 10.0. The fourth-order valence-electron chi connectivity index (χ4n) is 1.16. The van der Waals surface area contributed by atoms with Crippen LogP contribution in [0.4, 0.5) is 5.69 Å². The van der Waals surface area contributed by atoms with E-state index >= 15 is 0 Å². The second-order valence-corrected chi connectivity index (χ2v) is 4.06. The van der Waals surface area contributed by atoms with E-state index in [0.29, 0.717) is 22.2 Å². The minimum atomic E-state index is -0.0492. The van der Waals surface area contributed by atoms with Crippen molar-refractivity contribution >= 4 is 34.8 Å². The third-order valence-corrected chi connectivity index (χ3v) is 2.61. The molecule has 82 valence electrons. The zero-order valence-electron chi connectivity index (χ0n) is 8.52. The third kappa shape index (κ3) is 3.73. The molecule has 15 heavy (non-hydrogen) atoms. The highest BCUT2D eigenvalue weighted by atomic mass is 35.5. The molecule has 0 heterocycles. The molecule has 0 aliphatic carbocycles. The Bertz CT molecular complexity index is 332. The lowest BCUT2D eigenvalue weighted by atomic mass is 10.2. The van der Waals surface area contributed by atoms with Crippen molar-refractivity contribution in [3.05, 3.63) is 28.2 Å². The summed E-state index contributed by atoms with van der Waals surface area (Å²) in [5.74, 6) is -0.0492. The summed E-state index contributed by atoms with van der Waals surface area (Å²) in [6, 6.07) is 5.14. The Morgan fingerprint density at radius 3 is 2.47 bits per heavy atom. The third-order valence-electron chi connectivity index (χ3n) is 1.98. The highest BCUT2D eigenvalue weighted by molar-refractivity contribution is 6.39. The van der Waals surface area contributed by atoms with E-state index in [1.165, 1.54) is 0 Å². The lowest BCUT2D eigenvalue weighted by Gasteiger charge is -2.08. The highest BCUT2D eigenvalue weighted by Crippen LogP contribution is 2.29. The van der Waals surface area contributed by atoms with Crippen LogP contribution < -0.4 is 5.32 Å². The largest absolute Gasteiger partial charge is 0.324 e. The minimum absolute atomic E-state index is 0.0492. The van der Waals surface area contributed by atoms with E-state index in [2.05, 4.69) is 5.32 Å². The van der Waals surface area contributed by atoms with E-state index < -0.39 is 0 Å². The van der Waals surface area contributed by atoms with Crippen molar-refractivity contribution in [3.63, 3.8) is 0 Å². The molecule has 0 aliphatic rings. The van der Waals surface area contributed by atoms with Crippen LogP contribution in [-0.4, -0.2) is 5.91 Å². The van der Waals surface area contributed by atoms with Gasteiger partial charge in [0.05, 0.1) is 15.7 Å². The van der Waals surface area contributed by atoms with Crippen LogP contribution in [0.5, 0.6) is 0 Å². The first-order valence-corrected chi connectivity index (χ1v) is 5.64. The predicted molar refractivity (Wildman–Crippen MR) is 64.6 cm³/mol. The van der Waals surface area contributed by atoms with E-state index in [0.717, 1.165) is 12.8 Å². The number of nitrogens with one attached hydrogen (secondary N) is 1. The maximum Gasteiger partial charge on any atom is 0.224 e. The van der Waals surface area contributed by atoms with Crippen molar-refractivity contribution in [2.75, 3.05) is 5.32 Å². The lowest BCUT2D eigenvalue weighted by Crippen LogP contribution is -2.11. The Kier molecular flexibility index (Phi) is 4.92. The second kappa shape index (κ2) is 5.99. The highest BCUT2D eigenvalue weighted by Gasteiger charge is 2.08. The first-order chi connectivity index (χ1) is 7.15. The molecule has 1 amide bonds. The van der Waals surface area contributed by atoms with Gasteiger partial charge in [0.1, 0.15) is 0 Å². The summed E-state index contributed by atoms with van der Waals surface area (Å²) in [5, 5.41) is 3.64. The van der Waals surface area contributed by atoms with Crippen LogP contribution in [-0.2, 0) is 4.79 Å². The average Bonchev–Trinajstić information content (AvgIpc) is 2.21. The van der Waals surface area contributed by atoms with E-state index in [-0.39, 0.29) is 5.91 Å². The van der Waals surface area contributed by atoms with Gasteiger partial charge in [0.15, 0.2) is 0 Å². The maximum atomic E-state index is 11.4. The average molecular weight is 246 g/mol. The number of amides is 1. The van der Waals surface area contributed by atoms with Crippen LogP contribution in [0.3, 0.4) is 0 Å². The molecular formula is C11H13Cl2NO. The minimum Gasteiger partial charge on any atom is -0.324 e. The van der Waals surface area contributed by atoms with Gasteiger partial charge in [-0.25, -0.2) is 0 Å². The van der Waals surface area contributed by atoms with E-state index in [1.807, 2.05) is 6.92 Å². The van der Waals surface area contributed by atoms with Crippen molar-refractivity contribution in [1.82, 2.24) is 0 Å². The SMILES string of the molecule is CCCCC(=O)Nc1c(Cl)cccc1Cl. The van der Waals surface area contributed by atoms with Crippen LogP contribution in [0.15, 0.2) is 18.2 Å². The predicted octanol–water partition coefficient (Wildman–Crippen LogP) is 4.12. The summed E-state index contributed by atoms with van der Waals surface area (Å²) >= 11 is 11.8. The van der Waals surface area contributed by atoms with Gasteiger partial charge in [-0.3, -0.25) is 4.79 Å². The van der Waals surface area contributed by atoms with Gasteiger partial charge in [-0.2, -0.15) is 0 Å². The molecule has 0 radical (unpaired) electrons. The Hall–Kier alpha value is -0.730. The van der Waals surface area contributed by atoms with Crippen molar-refractivity contribution in [2.24, 2.45) is 0 Å².